The van der Waals surface area contributed by atoms with E-state index in [1.165, 1.54) is 6.08 Å². The van der Waals surface area contributed by atoms with Crippen LogP contribution in [-0.4, -0.2) is 41.5 Å². The van der Waals surface area contributed by atoms with Crippen molar-refractivity contribution in [1.29, 1.82) is 0 Å². The van der Waals surface area contributed by atoms with E-state index in [9.17, 15) is 9.59 Å². The Balaban J connectivity index is 3.95. The molecule has 6 heteroatoms. The molecule has 0 saturated carbocycles. The number of carbonyl (C=O) groups excluding carboxylic acids is 1. The van der Waals surface area contributed by atoms with E-state index >= 15 is 0 Å². The fourth-order valence-corrected chi connectivity index (χ4v) is 0.705. The minimum Gasteiger partial charge on any atom is -0.480 e. The lowest BCUT2D eigenvalue weighted by Crippen LogP contribution is -2.41. The summed E-state index contributed by atoms with van der Waals surface area (Å²) < 4.78 is 4.51. The highest BCUT2D eigenvalue weighted by Gasteiger charge is 2.19. The molecule has 0 unspecified atom stereocenters. The Morgan fingerprint density at radius 3 is 2.64 bits per heavy atom. The van der Waals surface area contributed by atoms with E-state index < -0.39 is 18.1 Å². The Hall–Kier alpha value is -1.56. The Morgan fingerprint density at radius 2 is 2.21 bits per heavy atom. The molecule has 0 aromatic heterocycles. The summed E-state index contributed by atoms with van der Waals surface area (Å²) in [4.78, 5) is 21.4. The molecule has 0 radical (unpaired) electrons. The molecule has 0 saturated heterocycles. The third kappa shape index (κ3) is 5.15. The van der Waals surface area contributed by atoms with Gasteiger partial charge in [-0.25, -0.2) is 9.59 Å². The number of carbonyl (C=O) groups is 2. The minimum atomic E-state index is -1.21. The molecule has 0 aliphatic rings. The standard InChI is InChI=1S/C8H13NO5/c1-2-5-14-8(13)9-6(3-4-10)7(11)12/h2,6,10H,1,3-5H2,(H,9,13)(H,11,12)/t6-/m0/s1. The van der Waals surface area contributed by atoms with Gasteiger partial charge >= 0.3 is 12.1 Å². The number of alkyl carbamates (subject to hydrolysis) is 1. The molecule has 80 valence electrons. The molecule has 0 aliphatic carbocycles. The molecule has 3 N–H and O–H groups in total. The van der Waals surface area contributed by atoms with Gasteiger partial charge in [0.15, 0.2) is 0 Å². The van der Waals surface area contributed by atoms with Crippen molar-refractivity contribution in [3.05, 3.63) is 12.7 Å². The molecular weight excluding hydrogens is 190 g/mol. The van der Waals surface area contributed by atoms with Crippen LogP contribution in [0.3, 0.4) is 0 Å². The fraction of sp³-hybridized carbons (Fsp3) is 0.500. The van der Waals surface area contributed by atoms with E-state index in [1.54, 1.807) is 0 Å². The van der Waals surface area contributed by atoms with E-state index in [0.717, 1.165) is 0 Å². The molecule has 0 bridgehead atoms. The monoisotopic (exact) mass is 203 g/mol. The molecular formula is C8H13NO5. The predicted octanol–water partition coefficient (Wildman–Crippen LogP) is -0.266. The fourth-order valence-electron chi connectivity index (χ4n) is 0.705. The van der Waals surface area contributed by atoms with Crippen LogP contribution in [-0.2, 0) is 9.53 Å². The number of hydrogen-bond acceptors (Lipinski definition) is 4. The highest BCUT2D eigenvalue weighted by molar-refractivity contribution is 5.79. The zero-order chi connectivity index (χ0) is 11.0. The van der Waals surface area contributed by atoms with Crippen LogP contribution in [0.1, 0.15) is 6.42 Å². The summed E-state index contributed by atoms with van der Waals surface area (Å²) in [6.45, 7) is 3.01. The van der Waals surface area contributed by atoms with E-state index in [4.69, 9.17) is 10.2 Å². The predicted molar refractivity (Wildman–Crippen MR) is 47.8 cm³/mol. The lowest BCUT2D eigenvalue weighted by atomic mass is 10.2. The van der Waals surface area contributed by atoms with E-state index in [-0.39, 0.29) is 19.6 Å². The second-order valence-electron chi connectivity index (χ2n) is 2.43. The van der Waals surface area contributed by atoms with Crippen molar-refractivity contribution in [2.75, 3.05) is 13.2 Å². The topological polar surface area (TPSA) is 95.9 Å². The minimum absolute atomic E-state index is 0.0112. The normalized spacial score (nSPS) is 11.5. The summed E-state index contributed by atoms with van der Waals surface area (Å²) in [5, 5.41) is 19.2. The number of carboxylic acids is 1. The van der Waals surface area contributed by atoms with Crippen molar-refractivity contribution in [2.45, 2.75) is 12.5 Å². The SMILES string of the molecule is C=CCOC(=O)N[C@@H](CCO)C(=O)O. The number of aliphatic hydroxyl groups excluding tert-OH is 1. The smallest absolute Gasteiger partial charge is 0.408 e. The van der Waals surface area contributed by atoms with Crippen LogP contribution in [0.15, 0.2) is 12.7 Å². The number of amides is 1. The van der Waals surface area contributed by atoms with Crippen LogP contribution in [0.2, 0.25) is 0 Å². The van der Waals surface area contributed by atoms with Crippen LogP contribution in [0, 0.1) is 0 Å². The maximum atomic E-state index is 10.9. The summed E-state index contributed by atoms with van der Waals surface area (Å²) in [5.74, 6) is -1.21. The van der Waals surface area contributed by atoms with Crippen LogP contribution >= 0.6 is 0 Å². The van der Waals surface area contributed by atoms with Gasteiger partial charge in [0.1, 0.15) is 12.6 Å². The first kappa shape index (κ1) is 12.4. The molecule has 0 fully saturated rings. The number of ether oxygens (including phenoxy) is 1. The van der Waals surface area contributed by atoms with Gasteiger partial charge in [-0.1, -0.05) is 12.7 Å². The molecule has 6 nitrogen and oxygen atoms in total. The zero-order valence-corrected chi connectivity index (χ0v) is 7.60. The van der Waals surface area contributed by atoms with E-state index in [0.29, 0.717) is 0 Å². The highest BCUT2D eigenvalue weighted by Crippen LogP contribution is 1.92. The van der Waals surface area contributed by atoms with Gasteiger partial charge < -0.3 is 20.3 Å². The third-order valence-electron chi connectivity index (χ3n) is 1.34. The highest BCUT2D eigenvalue weighted by atomic mass is 16.5. The van der Waals surface area contributed by atoms with Crippen molar-refractivity contribution in [3.63, 3.8) is 0 Å². The number of carboxylic acid groups (broad SMARTS) is 1. The lowest BCUT2D eigenvalue weighted by Gasteiger charge is -2.12. The average Bonchev–Trinajstić information content (AvgIpc) is 2.14. The van der Waals surface area contributed by atoms with Gasteiger partial charge in [0.2, 0.25) is 0 Å². The first-order valence-electron chi connectivity index (χ1n) is 3.99. The van der Waals surface area contributed by atoms with Gasteiger partial charge in [0.05, 0.1) is 0 Å². The molecule has 0 aliphatic heterocycles. The van der Waals surface area contributed by atoms with Crippen LogP contribution in [0.25, 0.3) is 0 Å². The van der Waals surface area contributed by atoms with Gasteiger partial charge in [-0.15, -0.1) is 0 Å². The molecule has 0 aromatic carbocycles. The molecule has 0 rings (SSSR count). The summed E-state index contributed by atoms with van der Waals surface area (Å²) >= 11 is 0. The summed E-state index contributed by atoms with van der Waals surface area (Å²) in [6, 6.07) is -1.13. The molecule has 1 amide bonds. The Morgan fingerprint density at radius 1 is 1.57 bits per heavy atom. The average molecular weight is 203 g/mol. The van der Waals surface area contributed by atoms with E-state index in [2.05, 4.69) is 16.6 Å². The number of rotatable bonds is 6. The second-order valence-corrected chi connectivity index (χ2v) is 2.43. The van der Waals surface area contributed by atoms with Crippen molar-refractivity contribution in [1.82, 2.24) is 5.32 Å². The van der Waals surface area contributed by atoms with Gasteiger partial charge in [0.25, 0.3) is 0 Å². The maximum absolute atomic E-state index is 10.9. The molecule has 0 aromatic rings. The van der Waals surface area contributed by atoms with Gasteiger partial charge in [-0.3, -0.25) is 0 Å². The molecule has 14 heavy (non-hydrogen) atoms. The first-order chi connectivity index (χ1) is 6.61. The van der Waals surface area contributed by atoms with Gasteiger partial charge in [0, 0.05) is 13.0 Å². The van der Waals surface area contributed by atoms with Crippen molar-refractivity contribution >= 4 is 12.1 Å². The van der Waals surface area contributed by atoms with Crippen LogP contribution in [0.5, 0.6) is 0 Å². The molecule has 0 spiro atoms. The largest absolute Gasteiger partial charge is 0.480 e. The molecule has 0 heterocycles. The first-order valence-corrected chi connectivity index (χ1v) is 3.99. The Kier molecular flexibility index (Phi) is 6.13. The van der Waals surface area contributed by atoms with Gasteiger partial charge in [-0.05, 0) is 0 Å². The van der Waals surface area contributed by atoms with Crippen molar-refractivity contribution in [2.24, 2.45) is 0 Å². The maximum Gasteiger partial charge on any atom is 0.408 e. The summed E-state index contributed by atoms with van der Waals surface area (Å²) in [7, 11) is 0. The van der Waals surface area contributed by atoms with E-state index in [1.807, 2.05) is 0 Å². The van der Waals surface area contributed by atoms with Gasteiger partial charge in [-0.2, -0.15) is 0 Å². The van der Waals surface area contributed by atoms with Crippen LogP contribution < -0.4 is 5.32 Å². The van der Waals surface area contributed by atoms with Crippen LogP contribution in [0.4, 0.5) is 4.79 Å². The summed E-state index contributed by atoms with van der Waals surface area (Å²) in [6.07, 6.45) is 0.464. The lowest BCUT2D eigenvalue weighted by molar-refractivity contribution is -0.139. The second kappa shape index (κ2) is 6.90. The number of aliphatic carboxylic acids is 1. The summed E-state index contributed by atoms with van der Waals surface area (Å²) in [5.41, 5.74) is 0. The third-order valence-corrected chi connectivity index (χ3v) is 1.34. The number of aliphatic hydroxyl groups is 1. The van der Waals surface area contributed by atoms with Crippen molar-refractivity contribution in [3.8, 4) is 0 Å². The Bertz CT molecular complexity index is 216. The van der Waals surface area contributed by atoms with Crippen molar-refractivity contribution < 1.29 is 24.5 Å². The zero-order valence-electron chi connectivity index (χ0n) is 7.60. The number of hydrogen-bond donors (Lipinski definition) is 3. The number of nitrogens with one attached hydrogen (secondary N) is 1. The Labute approximate surface area is 81.2 Å². The quantitative estimate of drug-likeness (QED) is 0.516. The molecule has 1 atom stereocenters.